The van der Waals surface area contributed by atoms with Gasteiger partial charge in [-0.2, -0.15) is 0 Å². The van der Waals surface area contributed by atoms with E-state index in [1.54, 1.807) is 48.5 Å². The highest BCUT2D eigenvalue weighted by Crippen LogP contribution is 2.16. The van der Waals surface area contributed by atoms with Crippen LogP contribution in [0, 0.1) is 0 Å². The number of amides is 2. The van der Waals surface area contributed by atoms with E-state index in [1.165, 1.54) is 18.4 Å². The summed E-state index contributed by atoms with van der Waals surface area (Å²) < 4.78 is 28.7. The van der Waals surface area contributed by atoms with E-state index in [0.29, 0.717) is 5.69 Å². The third-order valence-electron chi connectivity index (χ3n) is 3.94. The van der Waals surface area contributed by atoms with E-state index < -0.39 is 15.7 Å². The fraction of sp³-hybridized carbons (Fsp3) is 0.100. The molecule has 7 nitrogen and oxygen atoms in total. The predicted octanol–water partition coefficient (Wildman–Crippen LogP) is 2.87. The Balaban J connectivity index is 1.63. The van der Waals surface area contributed by atoms with Gasteiger partial charge in [-0.25, -0.2) is 8.42 Å². The van der Waals surface area contributed by atoms with Crippen LogP contribution in [0.4, 0.5) is 5.69 Å². The van der Waals surface area contributed by atoms with Crippen molar-refractivity contribution in [2.45, 2.75) is 11.4 Å². The number of carbonyl (C=O) groups is 2. The molecule has 0 saturated carbocycles. The lowest BCUT2D eigenvalue weighted by Gasteiger charge is -2.10. The summed E-state index contributed by atoms with van der Waals surface area (Å²) in [6.45, 7) is 0.212. The first kappa shape index (κ1) is 19.4. The standard InChI is InChI=1S/C20H18N2O5S/c1-28(25,26)18-7-3-2-5-16(18)19(23)21-13-14-8-10-15(11-9-14)22-20(24)17-6-4-12-27-17/h2-12H,13H2,1H3,(H,21,23)(H,22,24). The number of nitrogens with one attached hydrogen (secondary N) is 2. The van der Waals surface area contributed by atoms with Gasteiger partial charge >= 0.3 is 0 Å². The maximum Gasteiger partial charge on any atom is 0.291 e. The lowest BCUT2D eigenvalue weighted by molar-refractivity contribution is 0.0946. The fourth-order valence-corrected chi connectivity index (χ4v) is 3.45. The van der Waals surface area contributed by atoms with Crippen molar-refractivity contribution >= 4 is 27.3 Å². The first-order valence-electron chi connectivity index (χ1n) is 8.35. The average molecular weight is 398 g/mol. The van der Waals surface area contributed by atoms with Crippen molar-refractivity contribution in [2.24, 2.45) is 0 Å². The highest BCUT2D eigenvalue weighted by atomic mass is 32.2. The molecule has 3 rings (SSSR count). The minimum Gasteiger partial charge on any atom is -0.459 e. The van der Waals surface area contributed by atoms with Crippen LogP contribution < -0.4 is 10.6 Å². The van der Waals surface area contributed by atoms with Crippen molar-refractivity contribution in [1.82, 2.24) is 5.32 Å². The summed E-state index contributed by atoms with van der Waals surface area (Å²) in [7, 11) is -3.51. The fourth-order valence-electron chi connectivity index (χ4n) is 2.56. The second-order valence-electron chi connectivity index (χ2n) is 6.08. The van der Waals surface area contributed by atoms with Gasteiger partial charge in [0.1, 0.15) is 0 Å². The van der Waals surface area contributed by atoms with Crippen LogP contribution in [0.15, 0.2) is 76.2 Å². The number of hydrogen-bond donors (Lipinski definition) is 2. The molecule has 0 unspecified atom stereocenters. The first-order chi connectivity index (χ1) is 13.3. The largest absolute Gasteiger partial charge is 0.459 e. The van der Waals surface area contributed by atoms with Crippen LogP contribution in [0.3, 0.4) is 0 Å². The molecule has 8 heteroatoms. The van der Waals surface area contributed by atoms with Gasteiger partial charge in [-0.05, 0) is 42.0 Å². The lowest BCUT2D eigenvalue weighted by Crippen LogP contribution is -2.24. The van der Waals surface area contributed by atoms with Crippen molar-refractivity contribution < 1.29 is 22.4 Å². The van der Waals surface area contributed by atoms with Crippen LogP contribution in [0.5, 0.6) is 0 Å². The van der Waals surface area contributed by atoms with E-state index in [2.05, 4.69) is 10.6 Å². The summed E-state index contributed by atoms with van der Waals surface area (Å²) >= 11 is 0. The third kappa shape index (κ3) is 4.66. The molecule has 2 amide bonds. The molecule has 28 heavy (non-hydrogen) atoms. The van der Waals surface area contributed by atoms with Crippen molar-refractivity contribution in [3.8, 4) is 0 Å². The van der Waals surface area contributed by atoms with Gasteiger partial charge < -0.3 is 15.1 Å². The molecule has 0 radical (unpaired) electrons. The number of hydrogen-bond acceptors (Lipinski definition) is 5. The zero-order valence-corrected chi connectivity index (χ0v) is 15.8. The minimum absolute atomic E-state index is 0.0107. The Morgan fingerprint density at radius 2 is 1.64 bits per heavy atom. The SMILES string of the molecule is CS(=O)(=O)c1ccccc1C(=O)NCc1ccc(NC(=O)c2ccco2)cc1. The van der Waals surface area contributed by atoms with Crippen molar-refractivity contribution in [3.05, 3.63) is 83.8 Å². The molecule has 0 saturated heterocycles. The van der Waals surface area contributed by atoms with Gasteiger partial charge in [0.05, 0.1) is 16.7 Å². The minimum atomic E-state index is -3.51. The molecule has 0 aliphatic rings. The maximum absolute atomic E-state index is 12.4. The lowest BCUT2D eigenvalue weighted by atomic mass is 10.1. The molecule has 1 aromatic heterocycles. The third-order valence-corrected chi connectivity index (χ3v) is 5.10. The number of anilines is 1. The van der Waals surface area contributed by atoms with Crippen LogP contribution in [-0.2, 0) is 16.4 Å². The summed E-state index contributed by atoms with van der Waals surface area (Å²) in [6, 6.07) is 16.2. The second kappa shape index (κ2) is 8.10. The van der Waals surface area contributed by atoms with Gasteiger partial charge in [0.2, 0.25) is 0 Å². The number of carbonyl (C=O) groups excluding carboxylic acids is 2. The van der Waals surface area contributed by atoms with E-state index in [9.17, 15) is 18.0 Å². The van der Waals surface area contributed by atoms with Crippen LogP contribution in [0.1, 0.15) is 26.5 Å². The topological polar surface area (TPSA) is 105 Å². The normalized spacial score (nSPS) is 11.0. The van der Waals surface area contributed by atoms with E-state index in [4.69, 9.17) is 4.42 Å². The number of sulfone groups is 1. The Kier molecular flexibility index (Phi) is 5.60. The first-order valence-corrected chi connectivity index (χ1v) is 10.2. The van der Waals surface area contributed by atoms with Crippen LogP contribution in [0.25, 0.3) is 0 Å². The van der Waals surface area contributed by atoms with Gasteiger partial charge in [-0.15, -0.1) is 0 Å². The second-order valence-corrected chi connectivity index (χ2v) is 8.06. The smallest absolute Gasteiger partial charge is 0.291 e. The Bertz CT molecular complexity index is 1090. The quantitative estimate of drug-likeness (QED) is 0.664. The molecule has 0 spiro atoms. The molecule has 0 aliphatic carbocycles. The van der Waals surface area contributed by atoms with Crippen molar-refractivity contribution in [3.63, 3.8) is 0 Å². The average Bonchev–Trinajstić information content (AvgIpc) is 3.21. The van der Waals surface area contributed by atoms with E-state index in [1.807, 2.05) is 0 Å². The molecule has 0 atom stereocenters. The molecule has 0 fully saturated rings. The molecular weight excluding hydrogens is 380 g/mol. The van der Waals surface area contributed by atoms with Gasteiger partial charge in [0.25, 0.3) is 11.8 Å². The molecule has 2 aromatic carbocycles. The van der Waals surface area contributed by atoms with Gasteiger partial charge in [0.15, 0.2) is 15.6 Å². The van der Waals surface area contributed by atoms with E-state index in [-0.39, 0.29) is 28.7 Å². The van der Waals surface area contributed by atoms with Gasteiger partial charge in [-0.1, -0.05) is 24.3 Å². The highest BCUT2D eigenvalue weighted by Gasteiger charge is 2.17. The summed E-state index contributed by atoms with van der Waals surface area (Å²) in [5, 5.41) is 5.40. The van der Waals surface area contributed by atoms with Crippen LogP contribution in [0.2, 0.25) is 0 Å². The van der Waals surface area contributed by atoms with Crippen molar-refractivity contribution in [1.29, 1.82) is 0 Å². The molecule has 1 heterocycles. The van der Waals surface area contributed by atoms with E-state index >= 15 is 0 Å². The van der Waals surface area contributed by atoms with E-state index in [0.717, 1.165) is 11.8 Å². The molecule has 0 bridgehead atoms. The summed E-state index contributed by atoms with van der Waals surface area (Å²) in [4.78, 5) is 24.3. The zero-order chi connectivity index (χ0) is 20.1. The van der Waals surface area contributed by atoms with Crippen LogP contribution in [-0.4, -0.2) is 26.5 Å². The Hall–Kier alpha value is -3.39. The highest BCUT2D eigenvalue weighted by molar-refractivity contribution is 7.90. The predicted molar refractivity (Wildman–Crippen MR) is 104 cm³/mol. The summed E-state index contributed by atoms with van der Waals surface area (Å²) in [5.74, 6) is -0.624. The van der Waals surface area contributed by atoms with Crippen molar-refractivity contribution in [2.75, 3.05) is 11.6 Å². The molecule has 144 valence electrons. The molecule has 3 aromatic rings. The van der Waals surface area contributed by atoms with Crippen LogP contribution >= 0.6 is 0 Å². The Labute approximate surface area is 162 Å². The Morgan fingerprint density at radius 3 is 2.29 bits per heavy atom. The van der Waals surface area contributed by atoms with Gasteiger partial charge in [0, 0.05) is 18.5 Å². The zero-order valence-electron chi connectivity index (χ0n) is 15.0. The molecule has 2 N–H and O–H groups in total. The monoisotopic (exact) mass is 398 g/mol. The summed E-state index contributed by atoms with van der Waals surface area (Å²) in [6.07, 6.45) is 2.48. The Morgan fingerprint density at radius 1 is 0.929 bits per heavy atom. The molecular formula is C20H18N2O5S. The van der Waals surface area contributed by atoms with Gasteiger partial charge in [-0.3, -0.25) is 9.59 Å². The number of benzene rings is 2. The number of furan rings is 1. The number of rotatable bonds is 6. The molecule has 0 aliphatic heterocycles. The maximum atomic E-state index is 12.4. The summed E-state index contributed by atoms with van der Waals surface area (Å²) in [5.41, 5.74) is 1.48.